The van der Waals surface area contributed by atoms with Crippen molar-refractivity contribution in [3.05, 3.63) is 35.2 Å². The first kappa shape index (κ1) is 16.9. The molecule has 0 bridgehead atoms. The molecule has 0 spiro atoms. The average Bonchev–Trinajstić information content (AvgIpc) is 3.22. The Balaban J connectivity index is 1.61. The number of aliphatic hydroxyl groups excluding tert-OH is 1. The van der Waals surface area contributed by atoms with Crippen molar-refractivity contribution in [1.82, 2.24) is 15.2 Å². The van der Waals surface area contributed by atoms with Crippen LogP contribution in [0.4, 0.5) is 0 Å². The highest BCUT2D eigenvalue weighted by Crippen LogP contribution is 2.38. The van der Waals surface area contributed by atoms with Crippen LogP contribution in [0.1, 0.15) is 35.7 Å². The Morgan fingerprint density at radius 2 is 2.00 bits per heavy atom. The Kier molecular flexibility index (Phi) is 4.60. The lowest BCUT2D eigenvalue weighted by atomic mass is 10.1. The molecular formula is C16H20N3O4S. The van der Waals surface area contributed by atoms with Gasteiger partial charge in [0, 0.05) is 5.92 Å². The first-order valence-electron chi connectivity index (χ1n) is 7.80. The van der Waals surface area contributed by atoms with E-state index in [1.165, 1.54) is 0 Å². The molecule has 1 aromatic heterocycles. The zero-order valence-corrected chi connectivity index (χ0v) is 14.4. The van der Waals surface area contributed by atoms with Crippen molar-refractivity contribution >= 4 is 9.84 Å². The number of sulfone groups is 1. The summed E-state index contributed by atoms with van der Waals surface area (Å²) >= 11 is 0. The minimum absolute atomic E-state index is 0.117. The first-order valence-corrected chi connectivity index (χ1v) is 9.45. The maximum atomic E-state index is 12.3. The highest BCUT2D eigenvalue weighted by molar-refractivity contribution is 7.91. The van der Waals surface area contributed by atoms with E-state index in [-0.39, 0.29) is 17.7 Å². The topological polar surface area (TPSA) is 105 Å². The summed E-state index contributed by atoms with van der Waals surface area (Å²) in [6.45, 7) is 3.63. The molecule has 2 aromatic rings. The minimum atomic E-state index is -3.73. The van der Waals surface area contributed by atoms with E-state index in [4.69, 9.17) is 4.74 Å². The number of hydrogen-bond donors (Lipinski definition) is 2. The van der Waals surface area contributed by atoms with Crippen molar-refractivity contribution in [3.63, 3.8) is 0 Å². The summed E-state index contributed by atoms with van der Waals surface area (Å²) in [5, 5.41) is 17.4. The lowest BCUT2D eigenvalue weighted by molar-refractivity contribution is 0.124. The monoisotopic (exact) mass is 350 g/mol. The van der Waals surface area contributed by atoms with Crippen LogP contribution in [-0.2, 0) is 9.84 Å². The van der Waals surface area contributed by atoms with Crippen LogP contribution in [-0.4, -0.2) is 47.2 Å². The van der Waals surface area contributed by atoms with Gasteiger partial charge in [-0.2, -0.15) is 0 Å². The number of ether oxygens (including phenoxy) is 1. The lowest BCUT2D eigenvalue weighted by Crippen LogP contribution is -2.28. The summed E-state index contributed by atoms with van der Waals surface area (Å²) < 4.78 is 30.2. The number of nitrogens with one attached hydrogen (secondary N) is 1. The normalized spacial score (nSPS) is 16.1. The van der Waals surface area contributed by atoms with Crippen LogP contribution in [0.3, 0.4) is 0 Å². The molecule has 1 radical (unpaired) electrons. The van der Waals surface area contributed by atoms with Gasteiger partial charge in [-0.05, 0) is 56.0 Å². The molecule has 7 nitrogen and oxygen atoms in total. The second-order valence-corrected chi connectivity index (χ2v) is 8.14. The molecule has 0 saturated heterocycles. The van der Waals surface area contributed by atoms with Gasteiger partial charge in [0.1, 0.15) is 24.3 Å². The quantitative estimate of drug-likeness (QED) is 0.780. The van der Waals surface area contributed by atoms with Crippen LogP contribution in [0, 0.1) is 19.9 Å². The fraction of sp³-hybridized carbons (Fsp3) is 0.500. The molecular weight excluding hydrogens is 330 g/mol. The van der Waals surface area contributed by atoms with Crippen molar-refractivity contribution in [2.75, 3.05) is 12.4 Å². The molecule has 1 heterocycles. The molecule has 1 fully saturated rings. The summed E-state index contributed by atoms with van der Waals surface area (Å²) in [5.41, 5.74) is 1.77. The number of hydrogen-bond acceptors (Lipinski definition) is 6. The lowest BCUT2D eigenvalue weighted by Gasteiger charge is -2.15. The molecule has 0 aliphatic heterocycles. The molecule has 1 unspecified atom stereocenters. The van der Waals surface area contributed by atoms with Crippen LogP contribution in [0.2, 0.25) is 0 Å². The molecule has 24 heavy (non-hydrogen) atoms. The largest absolute Gasteiger partial charge is 0.490 e. The second kappa shape index (κ2) is 6.52. The van der Waals surface area contributed by atoms with Gasteiger partial charge in [-0.1, -0.05) is 0 Å². The van der Waals surface area contributed by atoms with Crippen LogP contribution < -0.4 is 4.74 Å². The van der Waals surface area contributed by atoms with E-state index in [1.54, 1.807) is 12.1 Å². The third kappa shape index (κ3) is 3.76. The van der Waals surface area contributed by atoms with Gasteiger partial charge in [0.25, 0.3) is 0 Å². The number of nitrogens with zero attached hydrogens (tertiary/aromatic N) is 2. The molecule has 1 saturated carbocycles. The number of aryl methyl sites for hydroxylation is 2. The maximum absolute atomic E-state index is 12.3. The molecule has 1 aliphatic rings. The summed E-state index contributed by atoms with van der Waals surface area (Å²) in [7, 11) is -3.73. The van der Waals surface area contributed by atoms with Gasteiger partial charge in [0.15, 0.2) is 0 Å². The SMILES string of the molecule is Cc1c[c]cc(C)c1OCC(O)CS(=O)(=O)c1nnc(C2CC2)[nH]1. The maximum Gasteiger partial charge on any atom is 0.247 e. The van der Waals surface area contributed by atoms with E-state index in [0.717, 1.165) is 24.0 Å². The Morgan fingerprint density at radius 1 is 1.33 bits per heavy atom. The fourth-order valence-corrected chi connectivity index (χ4v) is 3.65. The Hall–Kier alpha value is -1.93. The average molecular weight is 350 g/mol. The second-order valence-electron chi connectivity index (χ2n) is 6.19. The van der Waals surface area contributed by atoms with Gasteiger partial charge in [-0.25, -0.2) is 8.42 Å². The van der Waals surface area contributed by atoms with E-state index in [0.29, 0.717) is 11.6 Å². The summed E-state index contributed by atoms with van der Waals surface area (Å²) in [6.07, 6.45) is 0.837. The van der Waals surface area contributed by atoms with Gasteiger partial charge in [0.2, 0.25) is 15.0 Å². The zero-order chi connectivity index (χ0) is 17.3. The smallest absolute Gasteiger partial charge is 0.247 e. The highest BCUT2D eigenvalue weighted by atomic mass is 32.2. The number of aliphatic hydroxyl groups is 1. The number of aromatic nitrogens is 3. The van der Waals surface area contributed by atoms with Crippen LogP contribution in [0.25, 0.3) is 0 Å². The van der Waals surface area contributed by atoms with E-state index in [1.807, 2.05) is 13.8 Å². The summed E-state index contributed by atoms with van der Waals surface area (Å²) in [4.78, 5) is 2.75. The molecule has 0 amide bonds. The van der Waals surface area contributed by atoms with Gasteiger partial charge in [-0.3, -0.25) is 0 Å². The third-order valence-corrected chi connectivity index (χ3v) is 5.49. The number of aromatic amines is 1. The van der Waals surface area contributed by atoms with Crippen molar-refractivity contribution in [3.8, 4) is 5.75 Å². The minimum Gasteiger partial charge on any atom is -0.490 e. The van der Waals surface area contributed by atoms with Gasteiger partial charge < -0.3 is 14.8 Å². The molecule has 2 N–H and O–H groups in total. The van der Waals surface area contributed by atoms with E-state index >= 15 is 0 Å². The Labute approximate surface area is 141 Å². The van der Waals surface area contributed by atoms with E-state index in [2.05, 4.69) is 21.2 Å². The van der Waals surface area contributed by atoms with E-state index in [9.17, 15) is 13.5 Å². The Bertz CT molecular complexity index is 807. The van der Waals surface area contributed by atoms with Crippen LogP contribution in [0.15, 0.2) is 17.3 Å². The summed E-state index contributed by atoms with van der Waals surface area (Å²) in [6, 6.07) is 6.53. The molecule has 8 heteroatoms. The van der Waals surface area contributed by atoms with Gasteiger partial charge in [0.05, 0.1) is 5.75 Å². The molecule has 1 aromatic carbocycles. The van der Waals surface area contributed by atoms with Crippen LogP contribution in [0.5, 0.6) is 5.75 Å². The molecule has 1 aliphatic carbocycles. The van der Waals surface area contributed by atoms with Crippen molar-refractivity contribution in [2.45, 2.75) is 43.9 Å². The fourth-order valence-electron chi connectivity index (χ4n) is 2.46. The third-order valence-electron chi connectivity index (χ3n) is 3.89. The van der Waals surface area contributed by atoms with Crippen LogP contribution >= 0.6 is 0 Å². The summed E-state index contributed by atoms with van der Waals surface area (Å²) in [5.74, 6) is 1.06. The first-order chi connectivity index (χ1) is 11.4. The number of rotatable bonds is 7. The zero-order valence-electron chi connectivity index (χ0n) is 13.6. The predicted molar refractivity (Wildman–Crippen MR) is 86.7 cm³/mol. The number of benzene rings is 1. The molecule has 129 valence electrons. The van der Waals surface area contributed by atoms with Gasteiger partial charge >= 0.3 is 0 Å². The molecule has 1 atom stereocenters. The predicted octanol–water partition coefficient (Wildman–Crippen LogP) is 1.31. The Morgan fingerprint density at radius 3 is 2.62 bits per heavy atom. The van der Waals surface area contributed by atoms with Crippen molar-refractivity contribution in [1.29, 1.82) is 0 Å². The van der Waals surface area contributed by atoms with Crippen molar-refractivity contribution < 1.29 is 18.3 Å². The molecule has 3 rings (SSSR count). The van der Waals surface area contributed by atoms with Crippen molar-refractivity contribution in [2.24, 2.45) is 0 Å². The highest BCUT2D eigenvalue weighted by Gasteiger charge is 2.30. The van der Waals surface area contributed by atoms with Gasteiger partial charge in [-0.15, -0.1) is 10.2 Å². The number of H-pyrrole nitrogens is 1. The van der Waals surface area contributed by atoms with E-state index < -0.39 is 21.7 Å². The standard InChI is InChI=1S/C16H20N3O4S/c1-10-4-3-5-11(2)14(10)23-8-13(20)9-24(21,22)16-17-15(18-19-16)12-6-7-12/h4-5,12-13,20H,6-9H2,1-2H3,(H,17,18,19).